The highest BCUT2D eigenvalue weighted by molar-refractivity contribution is 4.86. The maximum absolute atomic E-state index is 9.77. The van der Waals surface area contributed by atoms with Gasteiger partial charge in [0.25, 0.3) is 0 Å². The van der Waals surface area contributed by atoms with Gasteiger partial charge >= 0.3 is 0 Å². The minimum Gasteiger partial charge on any atom is -0.396 e. The Labute approximate surface area is 119 Å². The Hall–Kier alpha value is -0.0800. The second-order valence-electron chi connectivity index (χ2n) is 7.14. The third-order valence-electron chi connectivity index (χ3n) is 5.66. The zero-order chi connectivity index (χ0) is 13.6. The lowest BCUT2D eigenvalue weighted by Crippen LogP contribution is -2.44. The van der Waals surface area contributed by atoms with Crippen LogP contribution >= 0.6 is 0 Å². The van der Waals surface area contributed by atoms with Gasteiger partial charge in [-0.2, -0.15) is 0 Å². The first-order valence-corrected chi connectivity index (χ1v) is 8.60. The Balaban J connectivity index is 1.79. The number of hydrogen-bond acceptors (Lipinski definition) is 2. The summed E-state index contributed by atoms with van der Waals surface area (Å²) in [6.07, 6.45) is 14.9. The second-order valence-corrected chi connectivity index (χ2v) is 7.14. The summed E-state index contributed by atoms with van der Waals surface area (Å²) in [6.45, 7) is 3.77. The van der Waals surface area contributed by atoms with Gasteiger partial charge in [-0.25, -0.2) is 0 Å². The number of aliphatic hydroxyl groups excluding tert-OH is 1. The van der Waals surface area contributed by atoms with E-state index in [0.29, 0.717) is 12.6 Å². The quantitative estimate of drug-likeness (QED) is 0.741. The molecular weight excluding hydrogens is 234 g/mol. The van der Waals surface area contributed by atoms with Crippen LogP contribution in [0.25, 0.3) is 0 Å². The predicted octanol–water partition coefficient (Wildman–Crippen LogP) is 3.88. The highest BCUT2D eigenvalue weighted by Gasteiger charge is 2.32. The standard InChI is InChI=1S/C17H33NO/c1-15(16-9-5-2-3-6-10-16)18-13-17(14-19)11-7-4-8-12-17/h15-16,18-19H,2-14H2,1H3/t15-/m1/s1. The van der Waals surface area contributed by atoms with E-state index >= 15 is 0 Å². The third kappa shape index (κ3) is 4.46. The van der Waals surface area contributed by atoms with E-state index < -0.39 is 0 Å². The molecule has 0 aromatic rings. The van der Waals surface area contributed by atoms with E-state index in [1.54, 1.807) is 0 Å². The van der Waals surface area contributed by atoms with Crippen molar-refractivity contribution in [1.82, 2.24) is 5.32 Å². The molecule has 2 heteroatoms. The highest BCUT2D eigenvalue weighted by atomic mass is 16.3. The molecule has 2 nitrogen and oxygen atoms in total. The maximum Gasteiger partial charge on any atom is 0.0499 e. The van der Waals surface area contributed by atoms with Gasteiger partial charge in [0, 0.05) is 24.6 Å². The molecule has 19 heavy (non-hydrogen) atoms. The van der Waals surface area contributed by atoms with Gasteiger partial charge in [-0.3, -0.25) is 0 Å². The van der Waals surface area contributed by atoms with Crippen molar-refractivity contribution in [2.75, 3.05) is 13.2 Å². The molecule has 0 saturated heterocycles. The average Bonchev–Trinajstić information content (AvgIpc) is 2.75. The van der Waals surface area contributed by atoms with Crippen LogP contribution in [0.5, 0.6) is 0 Å². The van der Waals surface area contributed by atoms with Crippen LogP contribution in [-0.4, -0.2) is 24.3 Å². The first-order valence-electron chi connectivity index (χ1n) is 8.60. The lowest BCUT2D eigenvalue weighted by atomic mass is 9.74. The summed E-state index contributed by atoms with van der Waals surface area (Å²) in [4.78, 5) is 0. The normalized spacial score (nSPS) is 26.8. The molecule has 0 amide bonds. The molecular formula is C17H33NO. The zero-order valence-corrected chi connectivity index (χ0v) is 12.8. The maximum atomic E-state index is 9.77. The molecule has 0 aromatic carbocycles. The minimum atomic E-state index is 0.192. The summed E-state index contributed by atoms with van der Waals surface area (Å²) in [7, 11) is 0. The van der Waals surface area contributed by atoms with E-state index in [1.165, 1.54) is 70.6 Å². The molecule has 2 saturated carbocycles. The average molecular weight is 267 g/mol. The van der Waals surface area contributed by atoms with E-state index in [9.17, 15) is 5.11 Å². The predicted molar refractivity (Wildman–Crippen MR) is 81.3 cm³/mol. The van der Waals surface area contributed by atoms with Crippen LogP contribution in [0.3, 0.4) is 0 Å². The molecule has 2 aliphatic rings. The molecule has 0 bridgehead atoms. The minimum absolute atomic E-state index is 0.192. The Morgan fingerprint density at radius 1 is 1.00 bits per heavy atom. The summed E-state index contributed by atoms with van der Waals surface area (Å²) >= 11 is 0. The zero-order valence-electron chi connectivity index (χ0n) is 12.8. The molecule has 1 atom stereocenters. The molecule has 2 N–H and O–H groups in total. The Morgan fingerprint density at radius 2 is 1.58 bits per heavy atom. The molecule has 2 fully saturated rings. The largest absolute Gasteiger partial charge is 0.396 e. The molecule has 0 heterocycles. The van der Waals surface area contributed by atoms with Crippen LogP contribution < -0.4 is 5.32 Å². The molecule has 2 rings (SSSR count). The van der Waals surface area contributed by atoms with Crippen LogP contribution in [0, 0.1) is 11.3 Å². The fraction of sp³-hybridized carbons (Fsp3) is 1.00. The fourth-order valence-corrected chi connectivity index (χ4v) is 4.05. The Morgan fingerprint density at radius 3 is 2.16 bits per heavy atom. The number of hydrogen-bond donors (Lipinski definition) is 2. The Bertz CT molecular complexity index is 240. The molecule has 0 aliphatic heterocycles. The second kappa shape index (κ2) is 7.64. The van der Waals surface area contributed by atoms with Gasteiger partial charge in [-0.05, 0) is 38.5 Å². The molecule has 0 unspecified atom stereocenters. The van der Waals surface area contributed by atoms with E-state index in [4.69, 9.17) is 0 Å². The summed E-state index contributed by atoms with van der Waals surface area (Å²) < 4.78 is 0. The summed E-state index contributed by atoms with van der Waals surface area (Å²) in [5.41, 5.74) is 0.192. The van der Waals surface area contributed by atoms with E-state index in [2.05, 4.69) is 12.2 Å². The molecule has 0 aromatic heterocycles. The van der Waals surface area contributed by atoms with Crippen molar-refractivity contribution in [3.8, 4) is 0 Å². The summed E-state index contributed by atoms with van der Waals surface area (Å²) in [5.74, 6) is 0.863. The first kappa shape index (κ1) is 15.3. The van der Waals surface area contributed by atoms with Crippen molar-refractivity contribution in [3.63, 3.8) is 0 Å². The van der Waals surface area contributed by atoms with E-state index in [-0.39, 0.29) is 5.41 Å². The topological polar surface area (TPSA) is 32.3 Å². The Kier molecular flexibility index (Phi) is 6.15. The number of rotatable bonds is 5. The lowest BCUT2D eigenvalue weighted by Gasteiger charge is -2.37. The van der Waals surface area contributed by atoms with Crippen LogP contribution in [0.1, 0.15) is 77.6 Å². The highest BCUT2D eigenvalue weighted by Crippen LogP contribution is 2.35. The van der Waals surface area contributed by atoms with Crippen LogP contribution in [0.4, 0.5) is 0 Å². The van der Waals surface area contributed by atoms with Gasteiger partial charge in [0.2, 0.25) is 0 Å². The van der Waals surface area contributed by atoms with Gasteiger partial charge in [-0.1, -0.05) is 44.9 Å². The first-order chi connectivity index (χ1) is 9.26. The molecule has 0 radical (unpaired) electrons. The molecule has 112 valence electrons. The van der Waals surface area contributed by atoms with Gasteiger partial charge in [0.15, 0.2) is 0 Å². The SMILES string of the molecule is C[C@@H](NCC1(CO)CCCCC1)C1CCCCCC1. The van der Waals surface area contributed by atoms with Crippen molar-refractivity contribution in [2.45, 2.75) is 83.6 Å². The third-order valence-corrected chi connectivity index (χ3v) is 5.66. The lowest BCUT2D eigenvalue weighted by molar-refractivity contribution is 0.0759. The van der Waals surface area contributed by atoms with Crippen molar-refractivity contribution in [1.29, 1.82) is 0 Å². The number of aliphatic hydroxyl groups is 1. The molecule has 2 aliphatic carbocycles. The van der Waals surface area contributed by atoms with Crippen LogP contribution in [0.15, 0.2) is 0 Å². The van der Waals surface area contributed by atoms with Gasteiger partial charge in [-0.15, -0.1) is 0 Å². The number of nitrogens with one attached hydrogen (secondary N) is 1. The van der Waals surface area contributed by atoms with E-state index in [0.717, 1.165) is 12.5 Å². The van der Waals surface area contributed by atoms with Crippen LogP contribution in [-0.2, 0) is 0 Å². The van der Waals surface area contributed by atoms with Crippen molar-refractivity contribution in [2.24, 2.45) is 11.3 Å². The monoisotopic (exact) mass is 267 g/mol. The summed E-state index contributed by atoms with van der Waals surface area (Å²) in [6, 6.07) is 0.628. The summed E-state index contributed by atoms with van der Waals surface area (Å²) in [5, 5.41) is 13.6. The van der Waals surface area contributed by atoms with Crippen molar-refractivity contribution >= 4 is 0 Å². The smallest absolute Gasteiger partial charge is 0.0499 e. The van der Waals surface area contributed by atoms with Crippen LogP contribution in [0.2, 0.25) is 0 Å². The van der Waals surface area contributed by atoms with Crippen molar-refractivity contribution < 1.29 is 5.11 Å². The van der Waals surface area contributed by atoms with E-state index in [1.807, 2.05) is 0 Å². The fourth-order valence-electron chi connectivity index (χ4n) is 4.05. The van der Waals surface area contributed by atoms with Crippen molar-refractivity contribution in [3.05, 3.63) is 0 Å². The van der Waals surface area contributed by atoms with Gasteiger partial charge < -0.3 is 10.4 Å². The molecule has 0 spiro atoms. The van der Waals surface area contributed by atoms with Gasteiger partial charge in [0.05, 0.1) is 0 Å². The van der Waals surface area contributed by atoms with Gasteiger partial charge in [0.1, 0.15) is 0 Å².